The average Bonchev–Trinajstić information content (AvgIpc) is 2.61. The maximum absolute atomic E-state index is 13.9. The molecular formula is C20H30F4N4. The number of nitrogens with one attached hydrogen (secondary N) is 2. The van der Waals surface area contributed by atoms with Gasteiger partial charge in [-0.05, 0) is 58.0 Å². The number of rotatable bonds is 6. The molecule has 1 saturated carbocycles. The van der Waals surface area contributed by atoms with Crippen molar-refractivity contribution in [2.75, 3.05) is 20.6 Å². The molecule has 1 aromatic rings. The van der Waals surface area contributed by atoms with Crippen LogP contribution in [-0.2, 0) is 13.1 Å². The molecule has 0 bridgehead atoms. The van der Waals surface area contributed by atoms with E-state index in [2.05, 4.69) is 15.6 Å². The molecule has 0 aromatic heterocycles. The van der Waals surface area contributed by atoms with Gasteiger partial charge in [-0.2, -0.15) is 13.2 Å². The average molecular weight is 402 g/mol. The Morgan fingerprint density at radius 3 is 2.64 bits per heavy atom. The first-order valence-corrected chi connectivity index (χ1v) is 9.72. The van der Waals surface area contributed by atoms with Crippen LogP contribution < -0.4 is 10.6 Å². The molecular weight excluding hydrogens is 372 g/mol. The summed E-state index contributed by atoms with van der Waals surface area (Å²) in [4.78, 5) is 6.38. The largest absolute Gasteiger partial charge is 0.391 e. The van der Waals surface area contributed by atoms with Crippen molar-refractivity contribution in [3.63, 3.8) is 0 Å². The Balaban J connectivity index is 2.04. The first-order chi connectivity index (χ1) is 13.2. The Bertz CT molecular complexity index is 658. The minimum Gasteiger partial charge on any atom is -0.357 e. The number of guanidine groups is 1. The zero-order valence-electron chi connectivity index (χ0n) is 16.7. The number of hydrogen-bond donors (Lipinski definition) is 2. The van der Waals surface area contributed by atoms with Gasteiger partial charge >= 0.3 is 6.18 Å². The van der Waals surface area contributed by atoms with Gasteiger partial charge in [-0.15, -0.1) is 0 Å². The molecule has 4 nitrogen and oxygen atoms in total. The van der Waals surface area contributed by atoms with Crippen LogP contribution in [0.1, 0.15) is 43.7 Å². The van der Waals surface area contributed by atoms with Gasteiger partial charge in [0.05, 0.1) is 12.5 Å². The number of halogens is 4. The topological polar surface area (TPSA) is 39.7 Å². The predicted molar refractivity (Wildman–Crippen MR) is 104 cm³/mol. The second-order valence-corrected chi connectivity index (χ2v) is 7.61. The van der Waals surface area contributed by atoms with Crippen LogP contribution in [0.5, 0.6) is 0 Å². The van der Waals surface area contributed by atoms with Gasteiger partial charge in [0.1, 0.15) is 5.82 Å². The van der Waals surface area contributed by atoms with E-state index < -0.39 is 12.1 Å². The van der Waals surface area contributed by atoms with Gasteiger partial charge in [-0.25, -0.2) is 9.38 Å². The number of aliphatic imine (C=N–C) groups is 1. The highest BCUT2D eigenvalue weighted by Gasteiger charge is 2.42. The van der Waals surface area contributed by atoms with Crippen molar-refractivity contribution in [2.24, 2.45) is 10.9 Å². The Labute approximate surface area is 164 Å². The molecule has 1 fully saturated rings. The molecule has 0 spiro atoms. The van der Waals surface area contributed by atoms with E-state index in [4.69, 9.17) is 0 Å². The fourth-order valence-corrected chi connectivity index (χ4v) is 3.49. The Kier molecular flexibility index (Phi) is 8.10. The maximum atomic E-state index is 13.9. The van der Waals surface area contributed by atoms with Crippen LogP contribution in [0.2, 0.25) is 0 Å². The van der Waals surface area contributed by atoms with Crippen molar-refractivity contribution >= 4 is 5.96 Å². The van der Waals surface area contributed by atoms with E-state index in [0.717, 1.165) is 5.56 Å². The minimum absolute atomic E-state index is 0.0669. The summed E-state index contributed by atoms with van der Waals surface area (Å²) in [6, 6.07) is 4.64. The standard InChI is InChI=1S/C20H30F4N4/c1-4-25-19(27-17-7-5-6-16(11-17)20(22,23)24)26-12-14-8-9-18(21)15(10-14)13-28(2)3/h8-10,16-17H,4-7,11-13H2,1-3H3,(H2,25,26,27). The van der Waals surface area contributed by atoms with E-state index in [0.29, 0.717) is 44.0 Å². The molecule has 2 unspecified atom stereocenters. The van der Waals surface area contributed by atoms with Gasteiger partial charge in [-0.1, -0.05) is 12.5 Å². The van der Waals surface area contributed by atoms with Crippen LogP contribution >= 0.6 is 0 Å². The van der Waals surface area contributed by atoms with Gasteiger partial charge in [-0.3, -0.25) is 0 Å². The van der Waals surface area contributed by atoms with Gasteiger partial charge in [0.25, 0.3) is 0 Å². The predicted octanol–water partition coefficient (Wildman–Crippen LogP) is 4.06. The van der Waals surface area contributed by atoms with Gasteiger partial charge in [0.2, 0.25) is 0 Å². The normalized spacial score (nSPS) is 21.1. The third-order valence-corrected chi connectivity index (χ3v) is 4.84. The van der Waals surface area contributed by atoms with Crippen molar-refractivity contribution in [3.8, 4) is 0 Å². The van der Waals surface area contributed by atoms with Crippen molar-refractivity contribution < 1.29 is 17.6 Å². The molecule has 2 N–H and O–H groups in total. The summed E-state index contributed by atoms with van der Waals surface area (Å²) >= 11 is 0. The lowest BCUT2D eigenvalue weighted by Gasteiger charge is -2.31. The number of alkyl halides is 3. The summed E-state index contributed by atoms with van der Waals surface area (Å²) in [5.74, 6) is -1.02. The second-order valence-electron chi connectivity index (χ2n) is 7.61. The summed E-state index contributed by atoms with van der Waals surface area (Å²) in [6.07, 6.45) is -2.64. The maximum Gasteiger partial charge on any atom is 0.391 e. The third kappa shape index (κ3) is 6.96. The molecule has 2 rings (SSSR count). The van der Waals surface area contributed by atoms with Crippen molar-refractivity contribution in [1.29, 1.82) is 0 Å². The Hall–Kier alpha value is -1.83. The molecule has 8 heteroatoms. The van der Waals surface area contributed by atoms with E-state index in [9.17, 15) is 17.6 Å². The summed E-state index contributed by atoms with van der Waals surface area (Å²) in [5, 5.41) is 6.23. The molecule has 0 radical (unpaired) electrons. The van der Waals surface area contributed by atoms with Gasteiger partial charge in [0.15, 0.2) is 5.96 Å². The van der Waals surface area contributed by atoms with Gasteiger partial charge in [0, 0.05) is 24.7 Å². The number of benzene rings is 1. The van der Waals surface area contributed by atoms with E-state index in [-0.39, 0.29) is 24.7 Å². The highest BCUT2D eigenvalue weighted by Crippen LogP contribution is 2.37. The lowest BCUT2D eigenvalue weighted by Crippen LogP contribution is -2.46. The van der Waals surface area contributed by atoms with Crippen LogP contribution in [0.3, 0.4) is 0 Å². The Morgan fingerprint density at radius 1 is 1.25 bits per heavy atom. The van der Waals surface area contributed by atoms with E-state index in [1.807, 2.05) is 25.9 Å². The third-order valence-electron chi connectivity index (χ3n) is 4.84. The van der Waals surface area contributed by atoms with E-state index >= 15 is 0 Å². The lowest BCUT2D eigenvalue weighted by molar-refractivity contribution is -0.183. The fraction of sp³-hybridized carbons (Fsp3) is 0.650. The molecule has 1 aliphatic rings. The van der Waals surface area contributed by atoms with Crippen molar-refractivity contribution in [2.45, 2.75) is 57.9 Å². The lowest BCUT2D eigenvalue weighted by atomic mass is 9.85. The number of hydrogen-bond acceptors (Lipinski definition) is 2. The van der Waals surface area contributed by atoms with E-state index in [1.54, 1.807) is 12.1 Å². The molecule has 1 aliphatic carbocycles. The number of nitrogens with zero attached hydrogens (tertiary/aromatic N) is 2. The molecule has 0 amide bonds. The smallest absolute Gasteiger partial charge is 0.357 e. The quantitative estimate of drug-likeness (QED) is 0.428. The van der Waals surface area contributed by atoms with Crippen molar-refractivity contribution in [3.05, 3.63) is 35.1 Å². The van der Waals surface area contributed by atoms with Crippen molar-refractivity contribution in [1.82, 2.24) is 15.5 Å². The molecule has 158 valence electrons. The van der Waals surface area contributed by atoms with Crippen LogP contribution in [0, 0.1) is 11.7 Å². The zero-order chi connectivity index (χ0) is 20.7. The molecule has 0 aliphatic heterocycles. The SMILES string of the molecule is CCNC(=NCc1ccc(F)c(CN(C)C)c1)NC1CCCC(C(F)(F)F)C1. The fourth-order valence-electron chi connectivity index (χ4n) is 3.49. The highest BCUT2D eigenvalue weighted by molar-refractivity contribution is 5.80. The summed E-state index contributed by atoms with van der Waals surface area (Å²) < 4.78 is 53.0. The molecule has 2 atom stereocenters. The molecule has 28 heavy (non-hydrogen) atoms. The highest BCUT2D eigenvalue weighted by atomic mass is 19.4. The van der Waals surface area contributed by atoms with E-state index in [1.165, 1.54) is 6.07 Å². The molecule has 1 aromatic carbocycles. The zero-order valence-corrected chi connectivity index (χ0v) is 16.7. The first-order valence-electron chi connectivity index (χ1n) is 9.72. The minimum atomic E-state index is -4.15. The monoisotopic (exact) mass is 402 g/mol. The van der Waals surface area contributed by atoms with Gasteiger partial charge < -0.3 is 15.5 Å². The second kappa shape index (κ2) is 10.1. The summed E-state index contributed by atoms with van der Waals surface area (Å²) in [7, 11) is 3.74. The van der Waals surface area contributed by atoms with Crippen LogP contribution in [-0.4, -0.2) is 43.7 Å². The summed E-state index contributed by atoms with van der Waals surface area (Å²) in [5.41, 5.74) is 1.45. The molecule has 0 saturated heterocycles. The summed E-state index contributed by atoms with van der Waals surface area (Å²) in [6.45, 7) is 3.33. The Morgan fingerprint density at radius 2 is 2.00 bits per heavy atom. The molecule has 0 heterocycles. The van der Waals surface area contributed by atoms with Crippen LogP contribution in [0.4, 0.5) is 17.6 Å². The first kappa shape index (κ1) is 22.5. The van der Waals surface area contributed by atoms with Crippen LogP contribution in [0.25, 0.3) is 0 Å². The van der Waals surface area contributed by atoms with Crippen LogP contribution in [0.15, 0.2) is 23.2 Å².